The van der Waals surface area contributed by atoms with E-state index in [1.54, 1.807) is 12.3 Å². The largest absolute Gasteiger partial charge is 0.335 e. The molecule has 4 nitrogen and oxygen atoms in total. The van der Waals surface area contributed by atoms with Gasteiger partial charge < -0.3 is 4.98 Å². The smallest absolute Gasteiger partial charge is 0.181 e. The molecule has 0 unspecified atom stereocenters. The lowest BCUT2D eigenvalue weighted by Gasteiger charge is -1.98. The molecule has 0 aliphatic heterocycles. The number of benzene rings is 1. The Hall–Kier alpha value is -2.01. The SMILES string of the molecule is Fc1ccc(-c2nc3ncncc3[nH]2)cc1Cl. The predicted octanol–water partition coefficient (Wildman–Crippen LogP) is 2.81. The van der Waals surface area contributed by atoms with Gasteiger partial charge in [0.25, 0.3) is 0 Å². The van der Waals surface area contributed by atoms with Crippen LogP contribution in [0.25, 0.3) is 22.6 Å². The number of hydrogen-bond donors (Lipinski definition) is 1. The van der Waals surface area contributed by atoms with E-state index in [0.29, 0.717) is 17.0 Å². The maximum absolute atomic E-state index is 13.0. The second-order valence-electron chi connectivity index (χ2n) is 3.47. The second kappa shape index (κ2) is 3.78. The zero-order valence-electron chi connectivity index (χ0n) is 8.48. The molecule has 0 aliphatic rings. The Morgan fingerprint density at radius 3 is 2.94 bits per heavy atom. The van der Waals surface area contributed by atoms with Crippen molar-refractivity contribution in [3.05, 3.63) is 41.6 Å². The van der Waals surface area contributed by atoms with Gasteiger partial charge in [0, 0.05) is 5.56 Å². The van der Waals surface area contributed by atoms with Crippen LogP contribution in [0.2, 0.25) is 5.02 Å². The van der Waals surface area contributed by atoms with E-state index >= 15 is 0 Å². The summed E-state index contributed by atoms with van der Waals surface area (Å²) in [4.78, 5) is 15.2. The van der Waals surface area contributed by atoms with Crippen LogP contribution >= 0.6 is 11.6 Å². The number of nitrogens with one attached hydrogen (secondary N) is 1. The average molecular weight is 249 g/mol. The van der Waals surface area contributed by atoms with Gasteiger partial charge in [0.1, 0.15) is 23.5 Å². The summed E-state index contributed by atoms with van der Waals surface area (Å²) in [5.74, 6) is 0.133. The first-order valence-electron chi connectivity index (χ1n) is 4.85. The third-order valence-electron chi connectivity index (χ3n) is 2.36. The second-order valence-corrected chi connectivity index (χ2v) is 3.88. The fourth-order valence-electron chi connectivity index (χ4n) is 1.54. The molecule has 2 heterocycles. The van der Waals surface area contributed by atoms with Gasteiger partial charge in [0.05, 0.1) is 11.2 Å². The van der Waals surface area contributed by atoms with Gasteiger partial charge in [-0.1, -0.05) is 11.6 Å². The van der Waals surface area contributed by atoms with Gasteiger partial charge in [-0.3, -0.25) is 0 Å². The van der Waals surface area contributed by atoms with Crippen LogP contribution in [0, 0.1) is 5.82 Å². The number of halogens is 2. The summed E-state index contributed by atoms with van der Waals surface area (Å²) in [5, 5.41) is 0.0639. The van der Waals surface area contributed by atoms with Crippen LogP contribution in [0.4, 0.5) is 4.39 Å². The lowest BCUT2D eigenvalue weighted by molar-refractivity contribution is 0.628. The van der Waals surface area contributed by atoms with Gasteiger partial charge in [-0.05, 0) is 18.2 Å². The van der Waals surface area contributed by atoms with Crippen molar-refractivity contribution in [2.75, 3.05) is 0 Å². The number of aromatic amines is 1. The van der Waals surface area contributed by atoms with Gasteiger partial charge in [0.15, 0.2) is 5.65 Å². The van der Waals surface area contributed by atoms with Crippen LogP contribution in [0.15, 0.2) is 30.7 Å². The fourth-order valence-corrected chi connectivity index (χ4v) is 1.72. The molecule has 2 aromatic heterocycles. The minimum absolute atomic E-state index is 0.0639. The Morgan fingerprint density at radius 1 is 1.29 bits per heavy atom. The van der Waals surface area contributed by atoms with E-state index in [1.807, 2.05) is 0 Å². The fraction of sp³-hybridized carbons (Fsp3) is 0. The quantitative estimate of drug-likeness (QED) is 0.720. The van der Waals surface area contributed by atoms with Gasteiger partial charge in [-0.2, -0.15) is 0 Å². The molecule has 3 aromatic rings. The number of rotatable bonds is 1. The first kappa shape index (κ1) is 10.2. The topological polar surface area (TPSA) is 54.5 Å². The summed E-state index contributed by atoms with van der Waals surface area (Å²) in [7, 11) is 0. The number of aromatic nitrogens is 4. The normalized spacial score (nSPS) is 10.9. The van der Waals surface area contributed by atoms with E-state index in [9.17, 15) is 4.39 Å². The average Bonchev–Trinajstić information content (AvgIpc) is 2.76. The van der Waals surface area contributed by atoms with Crippen molar-refractivity contribution in [3.63, 3.8) is 0 Å². The highest BCUT2D eigenvalue weighted by Crippen LogP contribution is 2.23. The van der Waals surface area contributed by atoms with Crippen molar-refractivity contribution in [2.45, 2.75) is 0 Å². The summed E-state index contributed by atoms with van der Waals surface area (Å²) in [6.45, 7) is 0. The zero-order valence-corrected chi connectivity index (χ0v) is 9.24. The summed E-state index contributed by atoms with van der Waals surface area (Å²) in [5.41, 5.74) is 1.99. The maximum atomic E-state index is 13.0. The molecule has 1 aromatic carbocycles. The molecule has 0 atom stereocenters. The molecule has 0 fully saturated rings. The highest BCUT2D eigenvalue weighted by atomic mass is 35.5. The summed E-state index contributed by atoms with van der Waals surface area (Å²) >= 11 is 5.72. The summed E-state index contributed by atoms with van der Waals surface area (Å²) < 4.78 is 13.0. The highest BCUT2D eigenvalue weighted by Gasteiger charge is 2.08. The van der Waals surface area contributed by atoms with Crippen LogP contribution in [0.5, 0.6) is 0 Å². The molecule has 0 aliphatic carbocycles. The molecule has 0 bridgehead atoms. The van der Waals surface area contributed by atoms with Gasteiger partial charge >= 0.3 is 0 Å². The number of imidazole rings is 1. The molecule has 0 spiro atoms. The van der Waals surface area contributed by atoms with E-state index < -0.39 is 5.82 Å². The Morgan fingerprint density at radius 2 is 2.18 bits per heavy atom. The van der Waals surface area contributed by atoms with Gasteiger partial charge in [-0.15, -0.1) is 0 Å². The molecule has 0 radical (unpaired) electrons. The molecule has 1 N–H and O–H groups in total. The van der Waals surface area contributed by atoms with Crippen molar-refractivity contribution in [1.29, 1.82) is 0 Å². The third-order valence-corrected chi connectivity index (χ3v) is 2.64. The number of nitrogens with zero attached hydrogens (tertiary/aromatic N) is 3. The molecule has 17 heavy (non-hydrogen) atoms. The number of H-pyrrole nitrogens is 1. The molecular weight excluding hydrogens is 243 g/mol. The van der Waals surface area contributed by atoms with E-state index in [-0.39, 0.29) is 5.02 Å². The number of fused-ring (bicyclic) bond motifs is 1. The molecule has 0 saturated carbocycles. The van der Waals surface area contributed by atoms with E-state index in [1.165, 1.54) is 18.5 Å². The Kier molecular flexibility index (Phi) is 2.26. The van der Waals surface area contributed by atoms with Crippen LogP contribution < -0.4 is 0 Å². The first-order valence-corrected chi connectivity index (χ1v) is 5.23. The van der Waals surface area contributed by atoms with Crippen LogP contribution in [0.3, 0.4) is 0 Å². The maximum Gasteiger partial charge on any atom is 0.181 e. The first-order chi connectivity index (χ1) is 8.24. The van der Waals surface area contributed by atoms with Crippen molar-refractivity contribution in [3.8, 4) is 11.4 Å². The molecular formula is C11H6ClFN4. The van der Waals surface area contributed by atoms with Crippen LogP contribution in [0.1, 0.15) is 0 Å². The molecule has 3 rings (SSSR count). The summed E-state index contributed by atoms with van der Waals surface area (Å²) in [6, 6.07) is 4.42. The van der Waals surface area contributed by atoms with Crippen molar-refractivity contribution < 1.29 is 4.39 Å². The van der Waals surface area contributed by atoms with Crippen LogP contribution in [-0.4, -0.2) is 19.9 Å². The molecule has 0 amide bonds. The third kappa shape index (κ3) is 1.74. The van der Waals surface area contributed by atoms with Crippen molar-refractivity contribution in [2.24, 2.45) is 0 Å². The number of hydrogen-bond acceptors (Lipinski definition) is 3. The van der Waals surface area contributed by atoms with E-state index in [4.69, 9.17) is 11.6 Å². The van der Waals surface area contributed by atoms with Gasteiger partial charge in [0.2, 0.25) is 0 Å². The molecule has 0 saturated heterocycles. The highest BCUT2D eigenvalue weighted by molar-refractivity contribution is 6.31. The lowest BCUT2D eigenvalue weighted by atomic mass is 10.2. The summed E-state index contributed by atoms with van der Waals surface area (Å²) in [6.07, 6.45) is 3.05. The Bertz CT molecular complexity index is 662. The monoisotopic (exact) mass is 248 g/mol. The molecule has 6 heteroatoms. The Balaban J connectivity index is 2.17. The molecule has 84 valence electrons. The lowest BCUT2D eigenvalue weighted by Crippen LogP contribution is -1.83. The minimum Gasteiger partial charge on any atom is -0.335 e. The minimum atomic E-state index is -0.452. The predicted molar refractivity (Wildman–Crippen MR) is 62.1 cm³/mol. The van der Waals surface area contributed by atoms with E-state index in [2.05, 4.69) is 19.9 Å². The van der Waals surface area contributed by atoms with Crippen LogP contribution in [-0.2, 0) is 0 Å². The van der Waals surface area contributed by atoms with E-state index in [0.717, 1.165) is 5.52 Å². The van der Waals surface area contributed by atoms with Crippen molar-refractivity contribution >= 4 is 22.8 Å². The zero-order chi connectivity index (χ0) is 11.8. The van der Waals surface area contributed by atoms with Gasteiger partial charge in [-0.25, -0.2) is 19.3 Å². The van der Waals surface area contributed by atoms with Crippen molar-refractivity contribution in [1.82, 2.24) is 19.9 Å². The Labute approximate surface area is 101 Å². The standard InChI is InChI=1S/C11H6ClFN4/c12-7-3-6(1-2-8(7)13)10-16-9-4-14-5-15-11(9)17-10/h1-5H,(H,14,15,16,17).